The minimum Gasteiger partial charge on any atom is -0.400 e. The van der Waals surface area contributed by atoms with Crippen LogP contribution in [0.15, 0.2) is 0 Å². The second-order valence-electron chi connectivity index (χ2n) is 3.62. The lowest BCUT2D eigenvalue weighted by molar-refractivity contribution is 0.230. The van der Waals surface area contributed by atoms with Gasteiger partial charge in [0.1, 0.15) is 0 Å². The van der Waals surface area contributed by atoms with Gasteiger partial charge in [0, 0.05) is 13.7 Å². The number of aliphatic hydroxyl groups is 3. The monoisotopic (exact) mass is 266 g/mol. The highest BCUT2D eigenvalue weighted by atomic mass is 16.3. The van der Waals surface area contributed by atoms with E-state index in [1.807, 2.05) is 0 Å². The number of hydrogen-bond donors (Lipinski definition) is 4. The van der Waals surface area contributed by atoms with Crippen molar-refractivity contribution < 1.29 is 15.3 Å². The van der Waals surface area contributed by atoms with Crippen molar-refractivity contribution >= 4 is 0 Å². The van der Waals surface area contributed by atoms with Gasteiger partial charge in [0.05, 0.1) is 13.3 Å². The van der Waals surface area contributed by atoms with Crippen molar-refractivity contribution in [3.8, 4) is 0 Å². The molecule has 0 saturated carbocycles. The summed E-state index contributed by atoms with van der Waals surface area (Å²) in [6.07, 6.45) is 4.09. The van der Waals surface area contributed by atoms with Crippen molar-refractivity contribution in [2.24, 2.45) is 0 Å². The van der Waals surface area contributed by atoms with Gasteiger partial charge < -0.3 is 20.2 Å². The fraction of sp³-hybridized carbons (Fsp3) is 1.00. The third kappa shape index (κ3) is 24.9. The lowest BCUT2D eigenvalue weighted by Gasteiger charge is -2.16. The zero-order valence-corrected chi connectivity index (χ0v) is 12.7. The van der Waals surface area contributed by atoms with Crippen LogP contribution in [0.5, 0.6) is 0 Å². The third-order valence-corrected chi connectivity index (χ3v) is 2.37. The molecule has 0 atom stereocenters. The summed E-state index contributed by atoms with van der Waals surface area (Å²) in [5.41, 5.74) is 0. The second kappa shape index (κ2) is 25.6. The number of nitrogens with one attached hydrogen (secondary N) is 1. The van der Waals surface area contributed by atoms with E-state index in [-0.39, 0.29) is 13.3 Å². The first-order chi connectivity index (χ1) is 8.76. The first-order valence-corrected chi connectivity index (χ1v) is 6.86. The summed E-state index contributed by atoms with van der Waals surface area (Å²) in [5.74, 6) is 0. The normalized spacial score (nSPS) is 9.33. The molecule has 0 aromatic rings. The number of hydrogen-bond acceptors (Lipinski definition) is 5. The van der Waals surface area contributed by atoms with E-state index in [0.29, 0.717) is 6.54 Å². The third-order valence-electron chi connectivity index (χ3n) is 2.37. The Morgan fingerprint density at radius 2 is 1.50 bits per heavy atom. The number of rotatable bonds is 9. The van der Waals surface area contributed by atoms with E-state index in [2.05, 4.69) is 31.0 Å². The molecule has 114 valence electrons. The number of nitrogens with zero attached hydrogens (tertiary/aromatic N) is 1. The molecule has 0 aromatic heterocycles. The first kappa shape index (κ1) is 22.9. The largest absolute Gasteiger partial charge is 0.400 e. The van der Waals surface area contributed by atoms with Crippen molar-refractivity contribution in [2.45, 2.75) is 40.0 Å². The van der Waals surface area contributed by atoms with Gasteiger partial charge in [0.2, 0.25) is 0 Å². The van der Waals surface area contributed by atoms with Gasteiger partial charge in [0.15, 0.2) is 0 Å². The fourth-order valence-electron chi connectivity index (χ4n) is 1.28. The van der Waals surface area contributed by atoms with Gasteiger partial charge >= 0.3 is 0 Å². The van der Waals surface area contributed by atoms with Gasteiger partial charge in [0.25, 0.3) is 0 Å². The second-order valence-corrected chi connectivity index (χ2v) is 3.62. The van der Waals surface area contributed by atoms with Crippen molar-refractivity contribution in [1.82, 2.24) is 10.2 Å². The van der Waals surface area contributed by atoms with E-state index in [1.165, 1.54) is 38.9 Å². The number of aliphatic hydroxyl groups excluding tert-OH is 3. The zero-order valence-electron chi connectivity index (χ0n) is 12.7. The lowest BCUT2D eigenvalue weighted by Crippen LogP contribution is -2.23. The predicted octanol–water partition coefficient (Wildman–Crippen LogP) is 0.645. The molecule has 0 saturated heterocycles. The van der Waals surface area contributed by atoms with Gasteiger partial charge in [-0.3, -0.25) is 5.32 Å². The van der Waals surface area contributed by atoms with E-state index in [0.717, 1.165) is 7.11 Å². The van der Waals surface area contributed by atoms with Gasteiger partial charge in [-0.2, -0.15) is 0 Å². The summed E-state index contributed by atoms with van der Waals surface area (Å²) in [6.45, 7) is 10.9. The van der Waals surface area contributed by atoms with Crippen molar-refractivity contribution in [3.63, 3.8) is 0 Å². The van der Waals surface area contributed by atoms with E-state index in [4.69, 9.17) is 15.3 Å². The van der Waals surface area contributed by atoms with Crippen molar-refractivity contribution in [2.75, 3.05) is 46.6 Å². The molecule has 5 heteroatoms. The molecule has 0 aliphatic rings. The van der Waals surface area contributed by atoms with Crippen LogP contribution in [-0.2, 0) is 0 Å². The Labute approximate surface area is 113 Å². The van der Waals surface area contributed by atoms with Crippen molar-refractivity contribution in [1.29, 1.82) is 0 Å². The Balaban J connectivity index is -0.000000241. The van der Waals surface area contributed by atoms with Crippen LogP contribution in [0, 0.1) is 0 Å². The van der Waals surface area contributed by atoms with Crippen molar-refractivity contribution in [3.05, 3.63) is 0 Å². The average Bonchev–Trinajstić information content (AvgIpc) is 2.44. The van der Waals surface area contributed by atoms with Crippen LogP contribution in [0.3, 0.4) is 0 Å². The maximum Gasteiger partial charge on any atom is 0.0932 e. The van der Waals surface area contributed by atoms with Crippen LogP contribution in [0.1, 0.15) is 40.0 Å². The Kier molecular flexibility index (Phi) is 32.6. The van der Waals surface area contributed by atoms with Gasteiger partial charge in [-0.05, 0) is 26.1 Å². The molecular formula is C13H34N2O3. The van der Waals surface area contributed by atoms with Crippen LogP contribution < -0.4 is 5.32 Å². The van der Waals surface area contributed by atoms with Crippen LogP contribution in [0.2, 0.25) is 0 Å². The molecule has 0 aromatic carbocycles. The highest BCUT2D eigenvalue weighted by Crippen LogP contribution is 1.96. The summed E-state index contributed by atoms with van der Waals surface area (Å²) < 4.78 is 0. The van der Waals surface area contributed by atoms with Crippen LogP contribution in [0.25, 0.3) is 0 Å². The Morgan fingerprint density at radius 3 is 1.78 bits per heavy atom. The molecule has 0 fully saturated rings. The molecule has 0 heterocycles. The SMILES string of the molecule is CCCCCN(CC)CC.CO.OCCNCO. The van der Waals surface area contributed by atoms with Gasteiger partial charge in [-0.25, -0.2) is 0 Å². The molecule has 0 radical (unpaired) electrons. The molecule has 0 spiro atoms. The molecule has 0 aliphatic heterocycles. The Morgan fingerprint density at radius 1 is 0.944 bits per heavy atom. The smallest absolute Gasteiger partial charge is 0.0932 e. The molecule has 0 amide bonds. The predicted molar refractivity (Wildman–Crippen MR) is 77.6 cm³/mol. The molecule has 5 nitrogen and oxygen atoms in total. The molecule has 0 aliphatic carbocycles. The maximum atomic E-state index is 8.02. The fourth-order valence-corrected chi connectivity index (χ4v) is 1.28. The maximum absolute atomic E-state index is 8.02. The van der Waals surface area contributed by atoms with E-state index >= 15 is 0 Å². The van der Waals surface area contributed by atoms with E-state index in [1.54, 1.807) is 0 Å². The minimum absolute atomic E-state index is 0.0550. The van der Waals surface area contributed by atoms with E-state index in [9.17, 15) is 0 Å². The quantitative estimate of drug-likeness (QED) is 0.364. The minimum atomic E-state index is -0.0550. The van der Waals surface area contributed by atoms with Gasteiger partial charge in [-0.1, -0.05) is 33.6 Å². The summed E-state index contributed by atoms with van der Waals surface area (Å²) in [5, 5.41) is 25.5. The summed E-state index contributed by atoms with van der Waals surface area (Å²) in [4.78, 5) is 2.48. The molecule has 0 unspecified atom stereocenters. The van der Waals surface area contributed by atoms with Crippen LogP contribution in [-0.4, -0.2) is 66.8 Å². The Bertz CT molecular complexity index is 108. The van der Waals surface area contributed by atoms with Gasteiger partial charge in [-0.15, -0.1) is 0 Å². The standard InChI is InChI=1S/C9H21N.C3H9NO2.CH4O/c1-4-7-8-9-10(5-2)6-3;5-2-1-4-3-6;1-2/h4-9H2,1-3H3;4-6H,1-3H2;2H,1H3. The summed E-state index contributed by atoms with van der Waals surface area (Å²) >= 11 is 0. The van der Waals surface area contributed by atoms with Crippen LogP contribution in [0.4, 0.5) is 0 Å². The zero-order chi connectivity index (χ0) is 14.6. The highest BCUT2D eigenvalue weighted by molar-refractivity contribution is 4.51. The number of unbranched alkanes of at least 4 members (excludes halogenated alkanes) is 2. The lowest BCUT2D eigenvalue weighted by atomic mass is 10.2. The molecule has 4 N–H and O–H groups in total. The molecule has 0 bridgehead atoms. The Hall–Kier alpha value is -0.200. The summed E-state index contributed by atoms with van der Waals surface area (Å²) in [6, 6.07) is 0. The first-order valence-electron chi connectivity index (χ1n) is 6.86. The molecule has 0 rings (SSSR count). The van der Waals surface area contributed by atoms with Crippen LogP contribution >= 0.6 is 0 Å². The molecule has 18 heavy (non-hydrogen) atoms. The topological polar surface area (TPSA) is 76.0 Å². The van der Waals surface area contributed by atoms with E-state index < -0.39 is 0 Å². The molecular weight excluding hydrogens is 232 g/mol. The summed E-state index contributed by atoms with van der Waals surface area (Å²) in [7, 11) is 1.00. The average molecular weight is 266 g/mol. The highest BCUT2D eigenvalue weighted by Gasteiger charge is 1.95.